The molecule has 106 valence electrons. The molecule has 2 aromatic rings. The number of nitrogens with zero attached hydrogens (tertiary/aromatic N) is 2. The number of hydrogen-bond donors (Lipinski definition) is 2. The van der Waals surface area contributed by atoms with Gasteiger partial charge in [-0.3, -0.25) is 0 Å². The second-order valence-electron chi connectivity index (χ2n) is 4.65. The average molecular weight is 338 g/mol. The molecule has 2 N–H and O–H groups in total. The van der Waals surface area contributed by atoms with E-state index in [-0.39, 0.29) is 11.6 Å². The van der Waals surface area contributed by atoms with Crippen LogP contribution in [0.5, 0.6) is 0 Å². The Kier molecular flexibility index (Phi) is 4.92. The Bertz CT molecular complexity index is 584. The zero-order valence-electron chi connectivity index (χ0n) is 11.1. The number of carbonyl (C=O) groups is 1. The minimum Gasteiger partial charge on any atom is -0.478 e. The number of imidazole rings is 1. The lowest BCUT2D eigenvalue weighted by Gasteiger charge is -2.15. The molecular weight excluding hydrogens is 322 g/mol. The Balaban J connectivity index is 1.92. The highest BCUT2D eigenvalue weighted by molar-refractivity contribution is 9.10. The van der Waals surface area contributed by atoms with Gasteiger partial charge in [0.1, 0.15) is 0 Å². The maximum absolute atomic E-state index is 10.9. The fourth-order valence-corrected chi connectivity index (χ4v) is 2.40. The van der Waals surface area contributed by atoms with Gasteiger partial charge in [0.15, 0.2) is 0 Å². The third-order valence-electron chi connectivity index (χ3n) is 2.98. The van der Waals surface area contributed by atoms with Crippen LogP contribution in [0.2, 0.25) is 0 Å². The Morgan fingerprint density at radius 2 is 2.35 bits per heavy atom. The van der Waals surface area contributed by atoms with Crippen molar-refractivity contribution in [3.05, 3.63) is 52.5 Å². The van der Waals surface area contributed by atoms with Crippen LogP contribution in [-0.2, 0) is 13.1 Å². The van der Waals surface area contributed by atoms with Crippen molar-refractivity contribution in [2.75, 3.05) is 0 Å². The highest BCUT2D eigenvalue weighted by Gasteiger charge is 2.08. The van der Waals surface area contributed by atoms with Crippen LogP contribution in [0.25, 0.3) is 0 Å². The molecule has 1 aromatic heterocycles. The summed E-state index contributed by atoms with van der Waals surface area (Å²) < 4.78 is 2.82. The van der Waals surface area contributed by atoms with Crippen molar-refractivity contribution in [1.82, 2.24) is 14.9 Å². The highest BCUT2D eigenvalue weighted by atomic mass is 79.9. The summed E-state index contributed by atoms with van der Waals surface area (Å²) >= 11 is 3.41. The van der Waals surface area contributed by atoms with Crippen molar-refractivity contribution in [3.63, 3.8) is 0 Å². The fourth-order valence-electron chi connectivity index (χ4n) is 1.88. The number of aromatic carboxylic acids is 1. The van der Waals surface area contributed by atoms with E-state index in [2.05, 4.69) is 33.2 Å². The quantitative estimate of drug-likeness (QED) is 0.849. The maximum Gasteiger partial charge on any atom is 0.335 e. The summed E-state index contributed by atoms with van der Waals surface area (Å²) in [5, 5.41) is 12.3. The molecule has 1 unspecified atom stereocenters. The molecule has 6 heteroatoms. The molecule has 1 heterocycles. The van der Waals surface area contributed by atoms with E-state index >= 15 is 0 Å². The second kappa shape index (κ2) is 6.67. The van der Waals surface area contributed by atoms with Gasteiger partial charge in [-0.1, -0.05) is 22.0 Å². The molecule has 0 radical (unpaired) electrons. The van der Waals surface area contributed by atoms with Gasteiger partial charge in [-0.15, -0.1) is 0 Å². The fraction of sp³-hybridized carbons (Fsp3) is 0.286. The van der Waals surface area contributed by atoms with Crippen LogP contribution in [0.3, 0.4) is 0 Å². The molecule has 0 spiro atoms. The van der Waals surface area contributed by atoms with Gasteiger partial charge < -0.3 is 15.0 Å². The number of rotatable bonds is 6. The number of aromatic nitrogens is 2. The molecule has 0 aliphatic heterocycles. The molecule has 0 bridgehead atoms. The second-order valence-corrected chi connectivity index (χ2v) is 5.51. The number of halogens is 1. The Hall–Kier alpha value is -1.66. The first-order valence-corrected chi connectivity index (χ1v) is 7.06. The third kappa shape index (κ3) is 3.91. The van der Waals surface area contributed by atoms with Crippen LogP contribution in [0.15, 0.2) is 41.4 Å². The summed E-state index contributed by atoms with van der Waals surface area (Å²) in [6, 6.07) is 5.35. The zero-order valence-corrected chi connectivity index (χ0v) is 12.7. The van der Waals surface area contributed by atoms with Gasteiger partial charge in [-0.2, -0.15) is 0 Å². The van der Waals surface area contributed by atoms with E-state index in [1.54, 1.807) is 24.7 Å². The molecule has 0 fully saturated rings. The molecular formula is C14H16BrN3O2. The topological polar surface area (TPSA) is 67.2 Å². The molecule has 20 heavy (non-hydrogen) atoms. The molecule has 1 aromatic carbocycles. The molecule has 0 aliphatic rings. The lowest BCUT2D eigenvalue weighted by Crippen LogP contribution is -2.29. The maximum atomic E-state index is 10.9. The van der Waals surface area contributed by atoms with Gasteiger partial charge in [-0.25, -0.2) is 9.78 Å². The van der Waals surface area contributed by atoms with Crippen LogP contribution in [0.1, 0.15) is 22.8 Å². The predicted molar refractivity (Wildman–Crippen MR) is 79.6 cm³/mol. The van der Waals surface area contributed by atoms with E-state index in [1.165, 1.54) is 0 Å². The van der Waals surface area contributed by atoms with Crippen LogP contribution in [0, 0.1) is 0 Å². The van der Waals surface area contributed by atoms with Gasteiger partial charge in [0.2, 0.25) is 0 Å². The average Bonchev–Trinajstić information content (AvgIpc) is 2.90. The highest BCUT2D eigenvalue weighted by Crippen LogP contribution is 2.18. The van der Waals surface area contributed by atoms with E-state index in [4.69, 9.17) is 5.11 Å². The van der Waals surface area contributed by atoms with Crippen molar-refractivity contribution in [2.45, 2.75) is 26.1 Å². The molecule has 1 atom stereocenters. The normalized spacial score (nSPS) is 12.3. The number of nitrogens with one attached hydrogen (secondary N) is 1. The first-order chi connectivity index (χ1) is 9.56. The van der Waals surface area contributed by atoms with Crippen molar-refractivity contribution >= 4 is 21.9 Å². The molecule has 2 rings (SSSR count). The van der Waals surface area contributed by atoms with E-state index < -0.39 is 5.97 Å². The number of carboxylic acids is 1. The smallest absolute Gasteiger partial charge is 0.335 e. The summed E-state index contributed by atoms with van der Waals surface area (Å²) in [4.78, 5) is 14.9. The minimum absolute atomic E-state index is 0.284. The van der Waals surface area contributed by atoms with E-state index in [0.717, 1.165) is 16.6 Å². The summed E-state index contributed by atoms with van der Waals surface area (Å²) in [6.07, 6.45) is 5.47. The number of benzene rings is 1. The summed E-state index contributed by atoms with van der Waals surface area (Å²) in [6.45, 7) is 3.61. The Morgan fingerprint density at radius 1 is 1.55 bits per heavy atom. The lowest BCUT2D eigenvalue weighted by atomic mass is 10.1. The zero-order chi connectivity index (χ0) is 14.5. The van der Waals surface area contributed by atoms with Crippen LogP contribution >= 0.6 is 15.9 Å². The van der Waals surface area contributed by atoms with Crippen LogP contribution < -0.4 is 5.32 Å². The Morgan fingerprint density at radius 3 is 2.95 bits per heavy atom. The van der Waals surface area contributed by atoms with Gasteiger partial charge in [0, 0.05) is 36.0 Å². The molecule has 0 saturated heterocycles. The van der Waals surface area contributed by atoms with Crippen LogP contribution in [-0.4, -0.2) is 26.7 Å². The largest absolute Gasteiger partial charge is 0.478 e. The molecule has 0 saturated carbocycles. The monoisotopic (exact) mass is 337 g/mol. The molecule has 0 aliphatic carbocycles. The predicted octanol–water partition coefficient (Wildman–Crippen LogP) is 2.52. The number of carboxylic acid groups (broad SMARTS) is 1. The van der Waals surface area contributed by atoms with Gasteiger partial charge in [-0.05, 0) is 24.6 Å². The van der Waals surface area contributed by atoms with E-state index in [0.29, 0.717) is 6.54 Å². The molecule has 0 amide bonds. The van der Waals surface area contributed by atoms with Crippen molar-refractivity contribution in [2.24, 2.45) is 0 Å². The standard InChI is InChI=1S/C14H16BrN3O2/c1-10(8-18-5-4-16-9-18)17-7-12-3-2-11(14(19)20)6-13(12)15/h2-6,9-10,17H,7-8H2,1H3,(H,19,20). The first-order valence-electron chi connectivity index (χ1n) is 6.27. The Labute approximate surface area is 125 Å². The summed E-state index contributed by atoms with van der Waals surface area (Å²) in [5.74, 6) is -0.918. The SMILES string of the molecule is CC(Cn1ccnc1)NCc1ccc(C(=O)O)cc1Br. The third-order valence-corrected chi connectivity index (χ3v) is 3.72. The van der Waals surface area contributed by atoms with E-state index in [1.807, 2.05) is 16.8 Å². The van der Waals surface area contributed by atoms with Crippen LogP contribution in [0.4, 0.5) is 0 Å². The van der Waals surface area contributed by atoms with Crippen molar-refractivity contribution in [3.8, 4) is 0 Å². The van der Waals surface area contributed by atoms with Gasteiger partial charge in [0.05, 0.1) is 11.9 Å². The summed E-state index contributed by atoms with van der Waals surface area (Å²) in [5.41, 5.74) is 1.32. The molecule has 5 nitrogen and oxygen atoms in total. The first kappa shape index (κ1) is 14.7. The lowest BCUT2D eigenvalue weighted by molar-refractivity contribution is 0.0697. The van der Waals surface area contributed by atoms with Gasteiger partial charge >= 0.3 is 5.97 Å². The minimum atomic E-state index is -0.918. The number of hydrogen-bond acceptors (Lipinski definition) is 3. The van der Waals surface area contributed by atoms with Crippen molar-refractivity contribution < 1.29 is 9.90 Å². The van der Waals surface area contributed by atoms with Crippen molar-refractivity contribution in [1.29, 1.82) is 0 Å². The van der Waals surface area contributed by atoms with E-state index in [9.17, 15) is 4.79 Å². The van der Waals surface area contributed by atoms with Gasteiger partial charge in [0.25, 0.3) is 0 Å². The summed E-state index contributed by atoms with van der Waals surface area (Å²) in [7, 11) is 0.